The molecule has 0 saturated heterocycles. The zero-order chi connectivity index (χ0) is 14.8. The molecule has 0 fully saturated rings. The van der Waals surface area contributed by atoms with Crippen LogP contribution in [0.25, 0.3) is 0 Å². The van der Waals surface area contributed by atoms with Crippen LogP contribution in [-0.2, 0) is 16.1 Å². The second-order valence-corrected chi connectivity index (χ2v) is 4.39. The van der Waals surface area contributed by atoms with Gasteiger partial charge in [-0.3, -0.25) is 4.79 Å². The molecule has 0 bridgehead atoms. The van der Waals surface area contributed by atoms with Crippen molar-refractivity contribution in [2.24, 2.45) is 5.73 Å². The number of urea groups is 1. The van der Waals surface area contributed by atoms with Crippen molar-refractivity contribution in [1.29, 1.82) is 0 Å². The maximum Gasteiger partial charge on any atom is 0.312 e. The van der Waals surface area contributed by atoms with Crippen molar-refractivity contribution in [2.45, 2.75) is 32.3 Å². The lowest BCUT2D eigenvalue weighted by atomic mass is 10.2. The zero-order valence-corrected chi connectivity index (χ0v) is 11.2. The average Bonchev–Trinajstić information content (AvgIpc) is 2.41. The number of unbranched alkanes of at least 4 members (excludes halogenated alkanes) is 2. The number of nitrogens with one attached hydrogen (secondary N) is 1. The van der Waals surface area contributed by atoms with E-state index >= 15 is 0 Å². The highest BCUT2D eigenvalue weighted by Gasteiger charge is 2.03. The molecule has 0 aliphatic carbocycles. The molecular weight excluding hydrogens is 263 g/mol. The second-order valence-electron chi connectivity index (χ2n) is 4.39. The normalized spacial score (nSPS) is 10.1. The van der Waals surface area contributed by atoms with Crippen molar-refractivity contribution in [2.75, 3.05) is 6.54 Å². The average molecular weight is 282 g/mol. The molecule has 1 rings (SSSR count). The predicted molar refractivity (Wildman–Crippen MR) is 72.3 cm³/mol. The van der Waals surface area contributed by atoms with E-state index in [1.165, 1.54) is 12.1 Å². The van der Waals surface area contributed by atoms with Crippen LogP contribution in [0.2, 0.25) is 0 Å². The third-order valence-electron chi connectivity index (χ3n) is 2.67. The molecule has 6 heteroatoms. The number of halogens is 1. The van der Waals surface area contributed by atoms with Gasteiger partial charge in [-0.1, -0.05) is 18.6 Å². The number of benzene rings is 1. The monoisotopic (exact) mass is 282 g/mol. The summed E-state index contributed by atoms with van der Waals surface area (Å²) in [5, 5.41) is 2.48. The zero-order valence-electron chi connectivity index (χ0n) is 11.2. The number of primary amides is 1. The molecule has 3 N–H and O–H groups in total. The summed E-state index contributed by atoms with van der Waals surface area (Å²) < 4.78 is 17.7. The molecule has 1 aromatic carbocycles. The van der Waals surface area contributed by atoms with Gasteiger partial charge in [-0.2, -0.15) is 0 Å². The Kier molecular flexibility index (Phi) is 7.10. The lowest BCUT2D eigenvalue weighted by Crippen LogP contribution is -2.29. The summed E-state index contributed by atoms with van der Waals surface area (Å²) in [6.45, 7) is 0.669. The Labute approximate surface area is 117 Å². The molecule has 0 saturated carbocycles. The van der Waals surface area contributed by atoms with Crippen LogP contribution in [0.4, 0.5) is 9.18 Å². The molecular formula is C14H19FN2O3. The van der Waals surface area contributed by atoms with Gasteiger partial charge >= 0.3 is 12.0 Å². The highest BCUT2D eigenvalue weighted by molar-refractivity contribution is 5.71. The van der Waals surface area contributed by atoms with Crippen LogP contribution in [0.15, 0.2) is 24.3 Å². The predicted octanol–water partition coefficient (Wildman–Crippen LogP) is 2.10. The summed E-state index contributed by atoms with van der Waals surface area (Å²) in [5.74, 6) is -0.596. The number of amides is 2. The van der Waals surface area contributed by atoms with E-state index in [1.54, 1.807) is 12.1 Å². The van der Waals surface area contributed by atoms with Crippen LogP contribution < -0.4 is 11.1 Å². The van der Waals surface area contributed by atoms with Gasteiger partial charge in [-0.05, 0) is 30.5 Å². The molecule has 0 heterocycles. The fourth-order valence-electron chi connectivity index (χ4n) is 1.60. The topological polar surface area (TPSA) is 81.4 Å². The molecule has 0 aliphatic heterocycles. The minimum atomic E-state index is -0.538. The minimum absolute atomic E-state index is 0.155. The Morgan fingerprint density at radius 2 is 1.85 bits per heavy atom. The molecule has 5 nitrogen and oxygen atoms in total. The van der Waals surface area contributed by atoms with Crippen LogP contribution >= 0.6 is 0 Å². The Balaban J connectivity index is 2.06. The highest BCUT2D eigenvalue weighted by Crippen LogP contribution is 2.06. The van der Waals surface area contributed by atoms with E-state index < -0.39 is 6.03 Å². The van der Waals surface area contributed by atoms with Gasteiger partial charge < -0.3 is 15.8 Å². The van der Waals surface area contributed by atoms with Crippen molar-refractivity contribution >= 4 is 12.0 Å². The van der Waals surface area contributed by atoms with E-state index in [4.69, 9.17) is 10.5 Å². The van der Waals surface area contributed by atoms with Crippen molar-refractivity contribution in [3.05, 3.63) is 35.6 Å². The third kappa shape index (κ3) is 7.35. The van der Waals surface area contributed by atoms with Crippen molar-refractivity contribution < 1.29 is 18.7 Å². The number of esters is 1. The number of nitrogens with two attached hydrogens (primary N) is 1. The van der Waals surface area contributed by atoms with Crippen molar-refractivity contribution in [3.8, 4) is 0 Å². The van der Waals surface area contributed by atoms with Crippen LogP contribution in [0.5, 0.6) is 0 Å². The summed E-state index contributed by atoms with van der Waals surface area (Å²) in [6.07, 6.45) is 2.61. The van der Waals surface area contributed by atoms with Crippen LogP contribution in [-0.4, -0.2) is 18.5 Å². The van der Waals surface area contributed by atoms with E-state index in [1.807, 2.05) is 0 Å². The van der Waals surface area contributed by atoms with Gasteiger partial charge in [-0.15, -0.1) is 0 Å². The fraction of sp³-hybridized carbons (Fsp3) is 0.429. The quantitative estimate of drug-likeness (QED) is 0.566. The second kappa shape index (κ2) is 8.90. The minimum Gasteiger partial charge on any atom is -0.461 e. The van der Waals surface area contributed by atoms with Gasteiger partial charge in [-0.25, -0.2) is 9.18 Å². The van der Waals surface area contributed by atoms with Gasteiger partial charge in [0, 0.05) is 13.0 Å². The number of rotatable bonds is 8. The molecule has 20 heavy (non-hydrogen) atoms. The van der Waals surface area contributed by atoms with Gasteiger partial charge in [0.2, 0.25) is 0 Å². The maximum atomic E-state index is 12.7. The molecule has 0 spiro atoms. The number of ether oxygens (including phenoxy) is 1. The van der Waals surface area contributed by atoms with E-state index in [2.05, 4.69) is 5.32 Å². The number of carbonyl (C=O) groups excluding carboxylic acids is 2. The smallest absolute Gasteiger partial charge is 0.312 e. The van der Waals surface area contributed by atoms with E-state index in [0.29, 0.717) is 19.4 Å². The molecule has 0 aromatic heterocycles. The maximum absolute atomic E-state index is 12.7. The Morgan fingerprint density at radius 1 is 1.15 bits per heavy atom. The first-order valence-electron chi connectivity index (χ1n) is 6.51. The first-order valence-corrected chi connectivity index (χ1v) is 6.51. The molecule has 1 aromatic rings. The lowest BCUT2D eigenvalue weighted by molar-refractivity contribution is -0.145. The Bertz CT molecular complexity index is 435. The SMILES string of the molecule is NC(=O)NCCCCCC(=O)OCc1ccc(F)cc1. The summed E-state index contributed by atoms with van der Waals surface area (Å²) >= 11 is 0. The molecule has 110 valence electrons. The lowest BCUT2D eigenvalue weighted by Gasteiger charge is -2.05. The van der Waals surface area contributed by atoms with Crippen LogP contribution in [0.3, 0.4) is 0 Å². The Morgan fingerprint density at radius 3 is 2.50 bits per heavy atom. The van der Waals surface area contributed by atoms with E-state index in [0.717, 1.165) is 18.4 Å². The van der Waals surface area contributed by atoms with Crippen LogP contribution in [0.1, 0.15) is 31.2 Å². The number of carbonyl (C=O) groups is 2. The van der Waals surface area contributed by atoms with Crippen LogP contribution in [0, 0.1) is 5.82 Å². The van der Waals surface area contributed by atoms with Crippen molar-refractivity contribution in [3.63, 3.8) is 0 Å². The van der Waals surface area contributed by atoms with Gasteiger partial charge in [0.05, 0.1) is 0 Å². The van der Waals surface area contributed by atoms with E-state index in [9.17, 15) is 14.0 Å². The summed E-state index contributed by atoms with van der Waals surface area (Å²) in [5.41, 5.74) is 5.67. The molecule has 2 amide bonds. The summed E-state index contributed by atoms with van der Waals surface area (Å²) in [4.78, 5) is 21.8. The standard InChI is InChI=1S/C14H19FN2O3/c15-12-7-5-11(6-8-12)10-20-13(18)4-2-1-3-9-17-14(16)19/h5-8H,1-4,9-10H2,(H3,16,17,19). The number of hydrogen-bond acceptors (Lipinski definition) is 3. The largest absolute Gasteiger partial charge is 0.461 e. The molecule has 0 atom stereocenters. The first-order chi connectivity index (χ1) is 9.58. The fourth-order valence-corrected chi connectivity index (χ4v) is 1.60. The first kappa shape index (κ1) is 15.9. The van der Waals surface area contributed by atoms with Gasteiger partial charge in [0.1, 0.15) is 12.4 Å². The summed E-state index contributed by atoms with van der Waals surface area (Å²) in [6, 6.07) is 5.28. The number of hydrogen-bond donors (Lipinski definition) is 2. The summed E-state index contributed by atoms with van der Waals surface area (Å²) in [7, 11) is 0. The van der Waals surface area contributed by atoms with E-state index in [-0.39, 0.29) is 18.4 Å². The molecule has 0 radical (unpaired) electrons. The molecule has 0 aliphatic rings. The van der Waals surface area contributed by atoms with Gasteiger partial charge in [0.15, 0.2) is 0 Å². The molecule has 0 unspecified atom stereocenters. The highest BCUT2D eigenvalue weighted by atomic mass is 19.1. The van der Waals surface area contributed by atoms with Gasteiger partial charge in [0.25, 0.3) is 0 Å². The third-order valence-corrected chi connectivity index (χ3v) is 2.67. The Hall–Kier alpha value is -2.11. The van der Waals surface area contributed by atoms with Crippen molar-refractivity contribution in [1.82, 2.24) is 5.32 Å².